The van der Waals surface area contributed by atoms with Crippen LogP contribution in [0.4, 0.5) is 10.2 Å². The summed E-state index contributed by atoms with van der Waals surface area (Å²) >= 11 is 0. The second-order valence-electron chi connectivity index (χ2n) is 6.20. The van der Waals surface area contributed by atoms with Crippen LogP contribution >= 0.6 is 0 Å². The van der Waals surface area contributed by atoms with E-state index >= 15 is 0 Å². The average molecular weight is 338 g/mol. The van der Waals surface area contributed by atoms with Gasteiger partial charge in [0.15, 0.2) is 0 Å². The van der Waals surface area contributed by atoms with E-state index in [4.69, 9.17) is 4.98 Å². The maximum absolute atomic E-state index is 14.0. The molecule has 3 aromatic rings. The Labute approximate surface area is 145 Å². The highest BCUT2D eigenvalue weighted by Gasteiger charge is 2.33. The number of nitrogens with one attached hydrogen (secondary N) is 1. The molecule has 0 spiro atoms. The monoisotopic (exact) mass is 338 g/mol. The summed E-state index contributed by atoms with van der Waals surface area (Å²) in [6.45, 7) is 0.609. The van der Waals surface area contributed by atoms with Gasteiger partial charge in [-0.1, -0.05) is 12.1 Å². The highest BCUT2D eigenvalue weighted by atomic mass is 19.1. The van der Waals surface area contributed by atoms with Crippen molar-refractivity contribution in [3.63, 3.8) is 0 Å². The molecule has 1 amide bonds. The van der Waals surface area contributed by atoms with Gasteiger partial charge in [0.05, 0.1) is 22.8 Å². The number of carbonyl (C=O) groups is 1. The van der Waals surface area contributed by atoms with E-state index in [-0.39, 0.29) is 17.5 Å². The lowest BCUT2D eigenvalue weighted by atomic mass is 10.1. The molecule has 0 saturated carbocycles. The number of halogens is 1. The fourth-order valence-electron chi connectivity index (χ4n) is 3.52. The first kappa shape index (κ1) is 15.6. The molecular formula is C19H19FN4O. The second-order valence-corrected chi connectivity index (χ2v) is 6.20. The van der Waals surface area contributed by atoms with Crippen LogP contribution in [0.25, 0.3) is 5.52 Å². The van der Waals surface area contributed by atoms with Crippen LogP contribution in [0.5, 0.6) is 0 Å². The molecule has 1 aromatic carbocycles. The van der Waals surface area contributed by atoms with Gasteiger partial charge in [0, 0.05) is 26.0 Å². The number of carbonyl (C=O) groups excluding carboxylic acids is 1. The van der Waals surface area contributed by atoms with Crippen LogP contribution in [0, 0.1) is 5.82 Å². The summed E-state index contributed by atoms with van der Waals surface area (Å²) in [6.07, 6.45) is 5.61. The Hall–Kier alpha value is -2.89. The van der Waals surface area contributed by atoms with Gasteiger partial charge >= 0.3 is 0 Å². The SMILES string of the molecule is CNc1nc([C@@H]2CCCN2C(=O)c2ccccc2F)cn2cccc12. The second kappa shape index (κ2) is 6.20. The molecule has 1 fully saturated rings. The van der Waals surface area contributed by atoms with Crippen LogP contribution < -0.4 is 5.32 Å². The van der Waals surface area contributed by atoms with Crippen molar-refractivity contribution in [3.05, 3.63) is 65.9 Å². The lowest BCUT2D eigenvalue weighted by Gasteiger charge is -2.25. The van der Waals surface area contributed by atoms with Crippen molar-refractivity contribution in [2.45, 2.75) is 18.9 Å². The average Bonchev–Trinajstić information content (AvgIpc) is 3.29. The topological polar surface area (TPSA) is 49.6 Å². The molecule has 128 valence electrons. The molecule has 5 nitrogen and oxygen atoms in total. The van der Waals surface area contributed by atoms with Gasteiger partial charge < -0.3 is 14.6 Å². The van der Waals surface area contributed by atoms with Gasteiger partial charge in [-0.25, -0.2) is 9.37 Å². The van der Waals surface area contributed by atoms with Gasteiger partial charge in [0.1, 0.15) is 11.6 Å². The quantitative estimate of drug-likeness (QED) is 0.795. The van der Waals surface area contributed by atoms with Crippen molar-refractivity contribution in [1.82, 2.24) is 14.3 Å². The molecule has 1 saturated heterocycles. The van der Waals surface area contributed by atoms with Gasteiger partial charge in [-0.2, -0.15) is 0 Å². The first-order valence-electron chi connectivity index (χ1n) is 8.40. The number of anilines is 1. The summed E-state index contributed by atoms with van der Waals surface area (Å²) in [5.41, 5.74) is 1.91. The van der Waals surface area contributed by atoms with E-state index in [0.29, 0.717) is 6.54 Å². The zero-order valence-corrected chi connectivity index (χ0v) is 13.9. The summed E-state index contributed by atoms with van der Waals surface area (Å²) in [4.78, 5) is 19.3. The highest BCUT2D eigenvalue weighted by molar-refractivity contribution is 5.95. The fourth-order valence-corrected chi connectivity index (χ4v) is 3.52. The van der Waals surface area contributed by atoms with Crippen molar-refractivity contribution < 1.29 is 9.18 Å². The van der Waals surface area contributed by atoms with Crippen molar-refractivity contribution in [2.75, 3.05) is 18.9 Å². The summed E-state index contributed by atoms with van der Waals surface area (Å²) in [5, 5.41) is 3.11. The number of hydrogen-bond acceptors (Lipinski definition) is 3. The molecule has 4 rings (SSSR count). The number of likely N-dealkylation sites (tertiary alicyclic amines) is 1. The maximum Gasteiger partial charge on any atom is 0.257 e. The van der Waals surface area contributed by atoms with E-state index in [2.05, 4.69) is 5.32 Å². The minimum absolute atomic E-state index is 0.116. The van der Waals surface area contributed by atoms with Gasteiger partial charge in [-0.3, -0.25) is 4.79 Å². The van der Waals surface area contributed by atoms with Crippen molar-refractivity contribution in [2.24, 2.45) is 0 Å². The zero-order valence-electron chi connectivity index (χ0n) is 13.9. The Morgan fingerprint density at radius 3 is 2.92 bits per heavy atom. The molecule has 0 bridgehead atoms. The summed E-state index contributed by atoms with van der Waals surface area (Å²) in [5.74, 6) is 0.0107. The number of rotatable bonds is 3. The first-order valence-corrected chi connectivity index (χ1v) is 8.40. The third kappa shape index (κ3) is 2.63. The number of aromatic nitrogens is 2. The minimum atomic E-state index is -0.483. The Bertz CT molecular complexity index is 936. The molecule has 3 heterocycles. The van der Waals surface area contributed by atoms with Crippen LogP contribution in [-0.2, 0) is 0 Å². The Morgan fingerprint density at radius 1 is 1.28 bits per heavy atom. The van der Waals surface area contributed by atoms with Crippen LogP contribution in [0.15, 0.2) is 48.8 Å². The third-order valence-electron chi connectivity index (χ3n) is 4.73. The van der Waals surface area contributed by atoms with Gasteiger partial charge in [0.2, 0.25) is 0 Å². The van der Waals surface area contributed by atoms with E-state index in [9.17, 15) is 9.18 Å². The van der Waals surface area contributed by atoms with Crippen LogP contribution in [0.1, 0.15) is 34.9 Å². The standard InChI is InChI=1S/C19H19FN4O/c1-21-18-17-9-4-10-23(17)12-15(22-18)16-8-5-11-24(16)19(25)13-6-2-3-7-14(13)20/h2-4,6-7,9-10,12,16H,5,8,11H2,1H3,(H,21,22)/t16-/m0/s1. The number of hydrogen-bond donors (Lipinski definition) is 1. The van der Waals surface area contributed by atoms with Crippen molar-refractivity contribution >= 4 is 17.2 Å². The van der Waals surface area contributed by atoms with Gasteiger partial charge in [-0.05, 0) is 37.1 Å². The van der Waals surface area contributed by atoms with Crippen molar-refractivity contribution in [1.29, 1.82) is 0 Å². The van der Waals surface area contributed by atoms with E-state index in [1.54, 1.807) is 17.0 Å². The fraction of sp³-hybridized carbons (Fsp3) is 0.263. The molecule has 1 atom stereocenters. The molecule has 1 aliphatic rings. The largest absolute Gasteiger partial charge is 0.371 e. The van der Waals surface area contributed by atoms with Gasteiger partial charge in [-0.15, -0.1) is 0 Å². The molecule has 2 aromatic heterocycles. The maximum atomic E-state index is 14.0. The zero-order chi connectivity index (χ0) is 17.4. The first-order chi connectivity index (χ1) is 12.2. The summed E-state index contributed by atoms with van der Waals surface area (Å²) in [6, 6.07) is 9.93. The van der Waals surface area contributed by atoms with Crippen LogP contribution in [-0.4, -0.2) is 33.8 Å². The predicted molar refractivity (Wildman–Crippen MR) is 94.2 cm³/mol. The summed E-state index contributed by atoms with van der Waals surface area (Å²) < 4.78 is 16.0. The Kier molecular flexibility index (Phi) is 3.87. The smallest absolute Gasteiger partial charge is 0.257 e. The Balaban J connectivity index is 1.72. The van der Waals surface area contributed by atoms with Crippen LogP contribution in [0.3, 0.4) is 0 Å². The van der Waals surface area contributed by atoms with Crippen molar-refractivity contribution in [3.8, 4) is 0 Å². The number of benzene rings is 1. The van der Waals surface area contributed by atoms with E-state index in [1.165, 1.54) is 12.1 Å². The van der Waals surface area contributed by atoms with Crippen LogP contribution in [0.2, 0.25) is 0 Å². The summed E-state index contributed by atoms with van der Waals surface area (Å²) in [7, 11) is 1.83. The predicted octanol–water partition coefficient (Wildman–Crippen LogP) is 3.49. The normalized spacial score (nSPS) is 17.2. The third-order valence-corrected chi connectivity index (χ3v) is 4.73. The molecule has 0 unspecified atom stereocenters. The molecular weight excluding hydrogens is 319 g/mol. The Morgan fingerprint density at radius 2 is 2.12 bits per heavy atom. The van der Waals surface area contributed by atoms with E-state index in [1.807, 2.05) is 36.0 Å². The van der Waals surface area contributed by atoms with E-state index in [0.717, 1.165) is 29.9 Å². The number of fused-ring (bicyclic) bond motifs is 1. The highest BCUT2D eigenvalue weighted by Crippen LogP contribution is 2.33. The molecule has 0 aliphatic carbocycles. The lowest BCUT2D eigenvalue weighted by molar-refractivity contribution is 0.0728. The molecule has 1 aliphatic heterocycles. The minimum Gasteiger partial charge on any atom is -0.371 e. The molecule has 6 heteroatoms. The van der Waals surface area contributed by atoms with Gasteiger partial charge in [0.25, 0.3) is 5.91 Å². The molecule has 25 heavy (non-hydrogen) atoms. The molecule has 1 N–H and O–H groups in total. The number of amides is 1. The van der Waals surface area contributed by atoms with E-state index < -0.39 is 5.82 Å². The lowest BCUT2D eigenvalue weighted by Crippen LogP contribution is -2.31. The number of nitrogens with zero attached hydrogens (tertiary/aromatic N) is 3. The molecule has 0 radical (unpaired) electrons.